The molecule has 1 fully saturated rings. The van der Waals surface area contributed by atoms with Crippen molar-refractivity contribution in [1.29, 1.82) is 0 Å². The van der Waals surface area contributed by atoms with Crippen LogP contribution < -0.4 is 4.90 Å². The third kappa shape index (κ3) is 2.71. The molecule has 0 radical (unpaired) electrons. The lowest BCUT2D eigenvalue weighted by Crippen LogP contribution is -2.48. The van der Waals surface area contributed by atoms with Crippen LogP contribution in [0.2, 0.25) is 5.02 Å². The third-order valence-corrected chi connectivity index (χ3v) is 4.62. The number of fused-ring (bicyclic) bond motifs is 1. The molecule has 3 heterocycles. The van der Waals surface area contributed by atoms with Crippen LogP contribution >= 0.6 is 11.6 Å². The molecule has 2 aromatic heterocycles. The van der Waals surface area contributed by atoms with E-state index in [9.17, 15) is 4.79 Å². The predicted octanol–water partition coefficient (Wildman–Crippen LogP) is 2.95. The summed E-state index contributed by atoms with van der Waals surface area (Å²) in [5.74, 6) is 0.0394. The van der Waals surface area contributed by atoms with E-state index < -0.39 is 0 Å². The van der Waals surface area contributed by atoms with Crippen LogP contribution in [0.3, 0.4) is 0 Å². The molecule has 1 saturated heterocycles. The monoisotopic (exact) mass is 340 g/mol. The maximum Gasteiger partial charge on any atom is 0.257 e. The molecular weight excluding hydrogens is 324 g/mol. The van der Waals surface area contributed by atoms with Crippen molar-refractivity contribution in [3.8, 4) is 0 Å². The van der Waals surface area contributed by atoms with Crippen molar-refractivity contribution in [2.24, 2.45) is 0 Å². The number of hydrogen-bond donors (Lipinski definition) is 0. The average Bonchev–Trinajstić information content (AvgIpc) is 3.10. The molecule has 0 unspecified atom stereocenters. The van der Waals surface area contributed by atoms with E-state index in [1.54, 1.807) is 6.20 Å². The van der Waals surface area contributed by atoms with Gasteiger partial charge in [0.1, 0.15) is 5.65 Å². The molecule has 0 saturated carbocycles. The van der Waals surface area contributed by atoms with Gasteiger partial charge in [-0.05, 0) is 30.3 Å². The first-order valence-electron chi connectivity index (χ1n) is 7.94. The number of amides is 1. The summed E-state index contributed by atoms with van der Waals surface area (Å²) in [6.07, 6.45) is 5.46. The Kier molecular flexibility index (Phi) is 3.86. The van der Waals surface area contributed by atoms with Gasteiger partial charge in [-0.3, -0.25) is 4.79 Å². The summed E-state index contributed by atoms with van der Waals surface area (Å²) in [7, 11) is 0. The lowest BCUT2D eigenvalue weighted by atomic mass is 10.2. The van der Waals surface area contributed by atoms with Crippen LogP contribution in [-0.4, -0.2) is 46.4 Å². The third-order valence-electron chi connectivity index (χ3n) is 4.39. The van der Waals surface area contributed by atoms with Gasteiger partial charge in [0.2, 0.25) is 0 Å². The fourth-order valence-corrected chi connectivity index (χ4v) is 3.31. The van der Waals surface area contributed by atoms with Crippen LogP contribution in [-0.2, 0) is 0 Å². The van der Waals surface area contributed by atoms with Crippen molar-refractivity contribution in [3.05, 3.63) is 65.6 Å². The highest BCUT2D eigenvalue weighted by Gasteiger charge is 2.24. The van der Waals surface area contributed by atoms with Crippen LogP contribution in [0.25, 0.3) is 5.65 Å². The smallest absolute Gasteiger partial charge is 0.257 e. The molecule has 24 heavy (non-hydrogen) atoms. The van der Waals surface area contributed by atoms with E-state index in [4.69, 9.17) is 11.6 Å². The van der Waals surface area contributed by atoms with Crippen molar-refractivity contribution in [2.75, 3.05) is 31.1 Å². The number of imidazole rings is 1. The Balaban J connectivity index is 1.49. The fourth-order valence-electron chi connectivity index (χ4n) is 3.13. The van der Waals surface area contributed by atoms with Crippen LogP contribution in [0.4, 0.5) is 5.69 Å². The Morgan fingerprint density at radius 1 is 1.04 bits per heavy atom. The van der Waals surface area contributed by atoms with Crippen molar-refractivity contribution in [2.45, 2.75) is 0 Å². The Morgan fingerprint density at radius 3 is 2.67 bits per heavy atom. The summed E-state index contributed by atoms with van der Waals surface area (Å²) < 4.78 is 1.87. The molecule has 1 aromatic carbocycles. The van der Waals surface area contributed by atoms with Gasteiger partial charge in [0.25, 0.3) is 5.91 Å². The van der Waals surface area contributed by atoms with E-state index in [0.717, 1.165) is 23.8 Å². The van der Waals surface area contributed by atoms with Gasteiger partial charge in [0.15, 0.2) is 0 Å². The van der Waals surface area contributed by atoms with E-state index >= 15 is 0 Å². The first kappa shape index (κ1) is 15.0. The zero-order valence-corrected chi connectivity index (χ0v) is 13.9. The lowest BCUT2D eigenvalue weighted by molar-refractivity contribution is 0.0748. The molecule has 0 atom stereocenters. The quantitative estimate of drug-likeness (QED) is 0.720. The van der Waals surface area contributed by atoms with Crippen LogP contribution in [0.15, 0.2) is 55.0 Å². The maximum atomic E-state index is 12.8. The number of aromatic nitrogens is 2. The first-order valence-corrected chi connectivity index (χ1v) is 8.32. The number of pyridine rings is 1. The second kappa shape index (κ2) is 6.17. The van der Waals surface area contributed by atoms with E-state index in [1.165, 1.54) is 0 Å². The molecule has 0 N–H and O–H groups in total. The average molecular weight is 341 g/mol. The summed E-state index contributed by atoms with van der Waals surface area (Å²) in [5, 5.41) is 0.733. The molecule has 0 bridgehead atoms. The molecule has 122 valence electrons. The maximum absolute atomic E-state index is 12.8. The van der Waals surface area contributed by atoms with Crippen LogP contribution in [0.5, 0.6) is 0 Å². The zero-order valence-electron chi connectivity index (χ0n) is 13.1. The zero-order chi connectivity index (χ0) is 16.5. The number of hydrogen-bond acceptors (Lipinski definition) is 3. The highest BCUT2D eigenvalue weighted by atomic mass is 35.5. The number of halogens is 1. The molecule has 5 nitrogen and oxygen atoms in total. The summed E-state index contributed by atoms with van der Waals surface area (Å²) >= 11 is 6.07. The minimum absolute atomic E-state index is 0.0394. The molecule has 0 spiro atoms. The molecule has 6 heteroatoms. The number of carbonyl (C=O) groups excluding carboxylic acids is 1. The highest BCUT2D eigenvalue weighted by molar-refractivity contribution is 6.30. The van der Waals surface area contributed by atoms with Crippen molar-refractivity contribution in [1.82, 2.24) is 14.3 Å². The van der Waals surface area contributed by atoms with Gasteiger partial charge in [-0.25, -0.2) is 4.98 Å². The molecule has 1 aliphatic rings. The van der Waals surface area contributed by atoms with Crippen molar-refractivity contribution >= 4 is 28.8 Å². The number of nitrogens with zero attached hydrogens (tertiary/aromatic N) is 4. The van der Waals surface area contributed by atoms with Gasteiger partial charge in [-0.15, -0.1) is 0 Å². The SMILES string of the molecule is O=C(c1cccn2ccnc12)N1CCN(c2cccc(Cl)c2)CC1. The Labute approximate surface area is 145 Å². The fraction of sp³-hybridized carbons (Fsp3) is 0.222. The summed E-state index contributed by atoms with van der Waals surface area (Å²) in [6, 6.07) is 11.6. The number of carbonyl (C=O) groups is 1. The second-order valence-electron chi connectivity index (χ2n) is 5.84. The number of anilines is 1. The summed E-state index contributed by atoms with van der Waals surface area (Å²) in [5.41, 5.74) is 2.46. The van der Waals surface area contributed by atoms with Gasteiger partial charge in [0, 0.05) is 55.5 Å². The Bertz CT molecular complexity index is 883. The minimum Gasteiger partial charge on any atom is -0.368 e. The Morgan fingerprint density at radius 2 is 1.88 bits per heavy atom. The number of benzene rings is 1. The van der Waals surface area contributed by atoms with Crippen LogP contribution in [0.1, 0.15) is 10.4 Å². The second-order valence-corrected chi connectivity index (χ2v) is 6.28. The van der Waals surface area contributed by atoms with Crippen LogP contribution in [0, 0.1) is 0 Å². The molecule has 0 aliphatic carbocycles. The first-order chi connectivity index (χ1) is 11.7. The topological polar surface area (TPSA) is 40.9 Å². The van der Waals surface area contributed by atoms with Crippen molar-refractivity contribution < 1.29 is 4.79 Å². The Hall–Kier alpha value is -2.53. The van der Waals surface area contributed by atoms with E-state index in [-0.39, 0.29) is 5.91 Å². The lowest BCUT2D eigenvalue weighted by Gasteiger charge is -2.36. The van der Waals surface area contributed by atoms with Crippen molar-refractivity contribution in [3.63, 3.8) is 0 Å². The summed E-state index contributed by atoms with van der Waals surface area (Å²) in [6.45, 7) is 2.97. The van der Waals surface area contributed by atoms with Gasteiger partial charge >= 0.3 is 0 Å². The van der Waals surface area contributed by atoms with Gasteiger partial charge in [-0.1, -0.05) is 17.7 Å². The highest BCUT2D eigenvalue weighted by Crippen LogP contribution is 2.21. The predicted molar refractivity (Wildman–Crippen MR) is 94.8 cm³/mol. The van der Waals surface area contributed by atoms with Gasteiger partial charge < -0.3 is 14.2 Å². The minimum atomic E-state index is 0.0394. The normalized spacial score (nSPS) is 15.0. The number of rotatable bonds is 2. The standard InChI is InChI=1S/C18H17ClN4O/c19-14-3-1-4-15(13-14)21-9-11-23(12-10-21)18(24)16-5-2-7-22-8-6-20-17(16)22/h1-8,13H,9-12H2. The largest absolute Gasteiger partial charge is 0.368 e. The van der Waals surface area contributed by atoms with Gasteiger partial charge in [-0.2, -0.15) is 0 Å². The molecule has 4 rings (SSSR count). The molecule has 3 aromatic rings. The molecule has 1 aliphatic heterocycles. The summed E-state index contributed by atoms with van der Waals surface area (Å²) in [4.78, 5) is 21.3. The van der Waals surface area contributed by atoms with Gasteiger partial charge in [0.05, 0.1) is 5.56 Å². The van der Waals surface area contributed by atoms with E-state index in [1.807, 2.05) is 52.0 Å². The number of piperazine rings is 1. The van der Waals surface area contributed by atoms with E-state index in [2.05, 4.69) is 16.0 Å². The van der Waals surface area contributed by atoms with E-state index in [0.29, 0.717) is 24.3 Å². The molecular formula is C18H17ClN4O. The molecule has 1 amide bonds.